The lowest BCUT2D eigenvalue weighted by atomic mass is 10.0. The summed E-state index contributed by atoms with van der Waals surface area (Å²) >= 11 is 0. The molecule has 1 rings (SSSR count). The molecule has 6 nitrogen and oxygen atoms in total. The largest absolute Gasteiger partial charge is 0.504 e. The minimum absolute atomic E-state index is 0.00532. The Morgan fingerprint density at radius 1 is 1.24 bits per heavy atom. The molecule has 6 heteroatoms. The zero-order valence-corrected chi connectivity index (χ0v) is 9.60. The molecule has 0 radical (unpaired) electrons. The maximum atomic E-state index is 11.5. The molecule has 1 aromatic carbocycles. The zero-order chi connectivity index (χ0) is 13.2. The predicted octanol–water partition coefficient (Wildman–Crippen LogP) is 1.01. The van der Waals surface area contributed by atoms with Crippen LogP contribution < -0.4 is 4.74 Å². The Hall–Kier alpha value is -2.24. The van der Waals surface area contributed by atoms with Gasteiger partial charge in [-0.25, -0.2) is 4.79 Å². The van der Waals surface area contributed by atoms with Crippen molar-refractivity contribution in [3.8, 4) is 17.2 Å². The first-order chi connectivity index (χ1) is 7.99. The molecule has 0 saturated carbocycles. The van der Waals surface area contributed by atoms with Crippen molar-refractivity contribution in [1.29, 1.82) is 0 Å². The van der Waals surface area contributed by atoms with Crippen LogP contribution in [-0.4, -0.2) is 36.7 Å². The fourth-order valence-corrected chi connectivity index (χ4v) is 1.52. The van der Waals surface area contributed by atoms with Crippen LogP contribution in [0.5, 0.6) is 17.2 Å². The van der Waals surface area contributed by atoms with Gasteiger partial charge >= 0.3 is 5.97 Å². The van der Waals surface area contributed by atoms with E-state index in [0.717, 1.165) is 7.11 Å². The van der Waals surface area contributed by atoms with E-state index in [0.29, 0.717) is 0 Å². The molecule has 0 bridgehead atoms. The van der Waals surface area contributed by atoms with Gasteiger partial charge in [-0.05, 0) is 6.92 Å². The molecule has 92 valence electrons. The minimum atomic E-state index is -0.831. The highest BCUT2D eigenvalue weighted by molar-refractivity contribution is 6.03. The third-order valence-electron chi connectivity index (χ3n) is 2.38. The van der Waals surface area contributed by atoms with Crippen LogP contribution in [0.1, 0.15) is 26.3 Å². The number of methoxy groups -OCH3 is 2. The van der Waals surface area contributed by atoms with Crippen LogP contribution in [0.2, 0.25) is 0 Å². The van der Waals surface area contributed by atoms with Crippen LogP contribution >= 0.6 is 0 Å². The lowest BCUT2D eigenvalue weighted by Gasteiger charge is -2.15. The first-order valence-corrected chi connectivity index (χ1v) is 4.65. The first kappa shape index (κ1) is 12.8. The van der Waals surface area contributed by atoms with Crippen molar-refractivity contribution in [3.05, 3.63) is 16.7 Å². The number of carbonyl (C=O) groups excluding carboxylic acids is 2. The molecule has 0 atom stereocenters. The van der Waals surface area contributed by atoms with E-state index >= 15 is 0 Å². The Bertz CT molecular complexity index is 478. The van der Waals surface area contributed by atoms with Crippen molar-refractivity contribution in [2.45, 2.75) is 6.92 Å². The number of ether oxygens (including phenoxy) is 2. The Labute approximate surface area is 97.4 Å². The second-order valence-electron chi connectivity index (χ2n) is 3.25. The number of hydrogen-bond acceptors (Lipinski definition) is 6. The van der Waals surface area contributed by atoms with Crippen LogP contribution in [0.25, 0.3) is 0 Å². The summed E-state index contributed by atoms with van der Waals surface area (Å²) in [6.07, 6.45) is 0.253. The van der Waals surface area contributed by atoms with Crippen molar-refractivity contribution in [2.75, 3.05) is 14.2 Å². The number of phenolic OH excluding ortho intramolecular Hbond substituents is 2. The van der Waals surface area contributed by atoms with Gasteiger partial charge in [-0.1, -0.05) is 0 Å². The number of aldehydes is 1. The van der Waals surface area contributed by atoms with Crippen molar-refractivity contribution in [2.24, 2.45) is 0 Å². The summed E-state index contributed by atoms with van der Waals surface area (Å²) in [4.78, 5) is 22.4. The molecule has 0 unspecified atom stereocenters. The average Bonchev–Trinajstić information content (AvgIpc) is 2.34. The van der Waals surface area contributed by atoms with Gasteiger partial charge in [0.2, 0.25) is 0 Å². The zero-order valence-electron chi connectivity index (χ0n) is 9.60. The van der Waals surface area contributed by atoms with E-state index in [1.165, 1.54) is 14.0 Å². The topological polar surface area (TPSA) is 93.1 Å². The molecule has 0 fully saturated rings. The van der Waals surface area contributed by atoms with Crippen LogP contribution in [0.15, 0.2) is 0 Å². The number of rotatable bonds is 3. The SMILES string of the molecule is COC(=O)c1c(C=O)c(O)c(O)c(C)c1OC. The summed E-state index contributed by atoms with van der Waals surface area (Å²) in [5.41, 5.74) is -0.425. The van der Waals surface area contributed by atoms with Gasteiger partial charge in [0, 0.05) is 5.56 Å². The van der Waals surface area contributed by atoms with Crippen LogP contribution in [0, 0.1) is 6.92 Å². The Kier molecular flexibility index (Phi) is 3.57. The molecule has 0 saturated heterocycles. The number of hydrogen-bond donors (Lipinski definition) is 2. The Morgan fingerprint density at radius 3 is 2.24 bits per heavy atom. The number of phenols is 2. The van der Waals surface area contributed by atoms with E-state index in [-0.39, 0.29) is 28.7 Å². The van der Waals surface area contributed by atoms with Crippen molar-refractivity contribution < 1.29 is 29.3 Å². The summed E-state index contributed by atoms with van der Waals surface area (Å²) in [7, 11) is 2.41. The van der Waals surface area contributed by atoms with E-state index in [4.69, 9.17) is 4.74 Å². The lowest BCUT2D eigenvalue weighted by molar-refractivity contribution is 0.0593. The van der Waals surface area contributed by atoms with Gasteiger partial charge in [0.15, 0.2) is 17.8 Å². The maximum Gasteiger partial charge on any atom is 0.342 e. The van der Waals surface area contributed by atoms with Crippen molar-refractivity contribution >= 4 is 12.3 Å². The van der Waals surface area contributed by atoms with Gasteiger partial charge in [-0.15, -0.1) is 0 Å². The fraction of sp³-hybridized carbons (Fsp3) is 0.273. The van der Waals surface area contributed by atoms with Gasteiger partial charge < -0.3 is 19.7 Å². The predicted molar refractivity (Wildman–Crippen MR) is 57.8 cm³/mol. The third kappa shape index (κ3) is 1.89. The van der Waals surface area contributed by atoms with E-state index in [1.54, 1.807) is 0 Å². The fourth-order valence-electron chi connectivity index (χ4n) is 1.52. The number of carbonyl (C=O) groups is 2. The summed E-state index contributed by atoms with van der Waals surface area (Å²) in [6, 6.07) is 0. The van der Waals surface area contributed by atoms with Crippen molar-refractivity contribution in [3.63, 3.8) is 0 Å². The number of benzene rings is 1. The normalized spacial score (nSPS) is 9.82. The third-order valence-corrected chi connectivity index (χ3v) is 2.38. The molecular formula is C11H12O6. The monoisotopic (exact) mass is 240 g/mol. The molecule has 0 aliphatic rings. The first-order valence-electron chi connectivity index (χ1n) is 4.65. The number of aromatic hydroxyl groups is 2. The Morgan fingerprint density at radius 2 is 1.82 bits per heavy atom. The smallest absolute Gasteiger partial charge is 0.342 e. The lowest BCUT2D eigenvalue weighted by Crippen LogP contribution is -2.09. The van der Waals surface area contributed by atoms with E-state index < -0.39 is 17.5 Å². The van der Waals surface area contributed by atoms with Crippen LogP contribution in [-0.2, 0) is 4.74 Å². The minimum Gasteiger partial charge on any atom is -0.504 e. The highest BCUT2D eigenvalue weighted by atomic mass is 16.5. The standard InChI is InChI=1S/C11H12O6/c1-5-8(13)9(14)6(4-12)7(10(5)16-2)11(15)17-3/h4,13-14H,1-3H3. The highest BCUT2D eigenvalue weighted by Gasteiger charge is 2.26. The quantitative estimate of drug-likeness (QED) is 0.465. The van der Waals surface area contributed by atoms with E-state index in [2.05, 4.69) is 4.74 Å². The summed E-state index contributed by atoms with van der Waals surface area (Å²) < 4.78 is 9.45. The number of esters is 1. The van der Waals surface area contributed by atoms with Gasteiger partial charge in [-0.3, -0.25) is 4.79 Å². The molecule has 0 heterocycles. The van der Waals surface area contributed by atoms with Gasteiger partial charge in [0.1, 0.15) is 11.3 Å². The average molecular weight is 240 g/mol. The second-order valence-corrected chi connectivity index (χ2v) is 3.25. The van der Waals surface area contributed by atoms with E-state index in [9.17, 15) is 19.8 Å². The van der Waals surface area contributed by atoms with Gasteiger partial charge in [0.25, 0.3) is 0 Å². The molecule has 1 aromatic rings. The summed E-state index contributed by atoms with van der Waals surface area (Å²) in [5, 5.41) is 19.1. The molecule has 0 aliphatic heterocycles. The molecule has 0 spiro atoms. The van der Waals surface area contributed by atoms with Gasteiger partial charge in [0.05, 0.1) is 19.8 Å². The van der Waals surface area contributed by atoms with Crippen LogP contribution in [0.4, 0.5) is 0 Å². The van der Waals surface area contributed by atoms with Gasteiger partial charge in [-0.2, -0.15) is 0 Å². The summed E-state index contributed by atoms with van der Waals surface area (Å²) in [5.74, 6) is -2.01. The van der Waals surface area contributed by atoms with Crippen molar-refractivity contribution in [1.82, 2.24) is 0 Å². The Balaban J connectivity index is 3.75. The van der Waals surface area contributed by atoms with Crippen LogP contribution in [0.3, 0.4) is 0 Å². The highest BCUT2D eigenvalue weighted by Crippen LogP contribution is 2.41. The second kappa shape index (κ2) is 4.73. The molecular weight excluding hydrogens is 228 g/mol. The summed E-state index contributed by atoms with van der Waals surface area (Å²) in [6.45, 7) is 1.44. The molecule has 0 aliphatic carbocycles. The molecule has 0 amide bonds. The molecule has 17 heavy (non-hydrogen) atoms. The molecule has 0 aromatic heterocycles. The molecule has 2 N–H and O–H groups in total. The van der Waals surface area contributed by atoms with E-state index in [1.807, 2.05) is 0 Å². The maximum absolute atomic E-state index is 11.5.